The quantitative estimate of drug-likeness (QED) is 0.668. The number of benzene rings is 1. The summed E-state index contributed by atoms with van der Waals surface area (Å²) in [6, 6.07) is 4.96. The standard InChI is InChI=1S/C11H13ClINO2/c1-2-14(6-5-12)11(16)9-7-8(13)3-4-10(9)15/h3-4,7,15H,2,5-6H2,1H3. The smallest absolute Gasteiger partial charge is 0.257 e. The van der Waals surface area contributed by atoms with E-state index in [9.17, 15) is 9.90 Å². The minimum absolute atomic E-state index is 0.0124. The van der Waals surface area contributed by atoms with Crippen molar-refractivity contribution in [1.82, 2.24) is 4.90 Å². The fourth-order valence-electron chi connectivity index (χ4n) is 1.36. The lowest BCUT2D eigenvalue weighted by Gasteiger charge is -2.20. The van der Waals surface area contributed by atoms with Crippen molar-refractivity contribution in [1.29, 1.82) is 0 Å². The highest BCUT2D eigenvalue weighted by atomic mass is 127. The Labute approximate surface area is 114 Å². The molecule has 0 radical (unpaired) electrons. The zero-order valence-corrected chi connectivity index (χ0v) is 11.8. The van der Waals surface area contributed by atoms with Gasteiger partial charge < -0.3 is 10.0 Å². The molecule has 5 heteroatoms. The van der Waals surface area contributed by atoms with Gasteiger partial charge in [-0.15, -0.1) is 11.6 Å². The summed E-state index contributed by atoms with van der Waals surface area (Å²) in [4.78, 5) is 13.7. The van der Waals surface area contributed by atoms with Crippen LogP contribution in [-0.2, 0) is 0 Å². The Morgan fingerprint density at radius 3 is 2.81 bits per heavy atom. The van der Waals surface area contributed by atoms with Crippen LogP contribution in [-0.4, -0.2) is 34.9 Å². The number of aromatic hydroxyl groups is 1. The highest BCUT2D eigenvalue weighted by Crippen LogP contribution is 2.21. The van der Waals surface area contributed by atoms with Gasteiger partial charge in [0, 0.05) is 22.5 Å². The monoisotopic (exact) mass is 353 g/mol. The van der Waals surface area contributed by atoms with Crippen LogP contribution in [0.3, 0.4) is 0 Å². The number of hydrogen-bond donors (Lipinski definition) is 1. The number of phenolic OH excluding ortho intramolecular Hbond substituents is 1. The van der Waals surface area contributed by atoms with Gasteiger partial charge in [0.25, 0.3) is 5.91 Å². The largest absolute Gasteiger partial charge is 0.507 e. The number of nitrogens with zero attached hydrogens (tertiary/aromatic N) is 1. The van der Waals surface area contributed by atoms with Gasteiger partial charge in [0.05, 0.1) is 5.56 Å². The number of alkyl halides is 1. The first-order valence-electron chi connectivity index (χ1n) is 4.94. The number of hydrogen-bond acceptors (Lipinski definition) is 2. The molecular weight excluding hydrogens is 340 g/mol. The molecule has 0 aliphatic heterocycles. The summed E-state index contributed by atoms with van der Waals surface area (Å²) in [5.74, 6) is 0.224. The molecule has 0 bridgehead atoms. The molecule has 0 saturated carbocycles. The van der Waals surface area contributed by atoms with Crippen LogP contribution in [0.15, 0.2) is 18.2 Å². The van der Waals surface area contributed by atoms with Gasteiger partial charge in [-0.25, -0.2) is 0 Å². The van der Waals surface area contributed by atoms with Gasteiger partial charge in [-0.3, -0.25) is 4.79 Å². The van der Waals surface area contributed by atoms with Crippen LogP contribution in [0.4, 0.5) is 0 Å². The Bertz CT molecular complexity index is 384. The van der Waals surface area contributed by atoms with E-state index in [0.29, 0.717) is 24.5 Å². The van der Waals surface area contributed by atoms with E-state index in [1.807, 2.05) is 6.92 Å². The summed E-state index contributed by atoms with van der Waals surface area (Å²) < 4.78 is 0.917. The highest BCUT2D eigenvalue weighted by molar-refractivity contribution is 14.1. The van der Waals surface area contributed by atoms with Crippen molar-refractivity contribution < 1.29 is 9.90 Å². The maximum absolute atomic E-state index is 12.0. The van der Waals surface area contributed by atoms with E-state index >= 15 is 0 Å². The maximum Gasteiger partial charge on any atom is 0.257 e. The first-order valence-corrected chi connectivity index (χ1v) is 6.55. The fraction of sp³-hybridized carbons (Fsp3) is 0.364. The zero-order chi connectivity index (χ0) is 12.1. The van der Waals surface area contributed by atoms with Crippen molar-refractivity contribution in [2.75, 3.05) is 19.0 Å². The van der Waals surface area contributed by atoms with E-state index in [-0.39, 0.29) is 11.7 Å². The molecule has 0 saturated heterocycles. The molecule has 1 aromatic carbocycles. The van der Waals surface area contributed by atoms with Gasteiger partial charge >= 0.3 is 0 Å². The van der Waals surface area contributed by atoms with E-state index in [1.54, 1.807) is 17.0 Å². The van der Waals surface area contributed by atoms with Crippen LogP contribution in [0.1, 0.15) is 17.3 Å². The lowest BCUT2D eigenvalue weighted by molar-refractivity contribution is 0.0771. The third kappa shape index (κ3) is 3.25. The predicted octanol–water partition coefficient (Wildman–Crippen LogP) is 2.70. The molecule has 0 fully saturated rings. The number of carbonyl (C=O) groups is 1. The molecule has 3 nitrogen and oxygen atoms in total. The topological polar surface area (TPSA) is 40.5 Å². The van der Waals surface area contributed by atoms with E-state index in [4.69, 9.17) is 11.6 Å². The van der Waals surface area contributed by atoms with Crippen molar-refractivity contribution in [3.05, 3.63) is 27.3 Å². The Hall–Kier alpha value is -0.490. The molecule has 1 amide bonds. The first kappa shape index (κ1) is 13.6. The number of rotatable bonds is 4. The predicted molar refractivity (Wildman–Crippen MR) is 73.1 cm³/mol. The average Bonchev–Trinajstić information content (AvgIpc) is 2.28. The Morgan fingerprint density at radius 1 is 1.56 bits per heavy atom. The molecule has 1 rings (SSSR count). The molecule has 1 aromatic rings. The molecule has 0 heterocycles. The second kappa shape index (κ2) is 6.30. The Kier molecular flexibility index (Phi) is 5.34. The molecule has 0 unspecified atom stereocenters. The molecule has 0 atom stereocenters. The molecule has 0 aliphatic carbocycles. The van der Waals surface area contributed by atoms with E-state index in [1.165, 1.54) is 6.07 Å². The molecule has 16 heavy (non-hydrogen) atoms. The van der Waals surface area contributed by atoms with Gasteiger partial charge in [0.2, 0.25) is 0 Å². The highest BCUT2D eigenvalue weighted by Gasteiger charge is 2.17. The third-order valence-electron chi connectivity index (χ3n) is 2.21. The van der Waals surface area contributed by atoms with Crippen molar-refractivity contribution in [2.24, 2.45) is 0 Å². The minimum atomic E-state index is -0.181. The van der Waals surface area contributed by atoms with Crippen molar-refractivity contribution in [2.45, 2.75) is 6.92 Å². The van der Waals surface area contributed by atoms with Gasteiger partial charge in [-0.05, 0) is 47.7 Å². The number of halogens is 2. The third-order valence-corrected chi connectivity index (χ3v) is 3.05. The second-order valence-electron chi connectivity index (χ2n) is 3.24. The Balaban J connectivity index is 2.98. The summed E-state index contributed by atoms with van der Waals surface area (Å²) in [6.45, 7) is 2.95. The van der Waals surface area contributed by atoms with Crippen LogP contribution in [0.25, 0.3) is 0 Å². The average molecular weight is 354 g/mol. The maximum atomic E-state index is 12.0. The van der Waals surface area contributed by atoms with Crippen molar-refractivity contribution in [3.63, 3.8) is 0 Å². The minimum Gasteiger partial charge on any atom is -0.507 e. The number of carbonyl (C=O) groups excluding carboxylic acids is 1. The normalized spacial score (nSPS) is 10.2. The van der Waals surface area contributed by atoms with Gasteiger partial charge in [-0.2, -0.15) is 0 Å². The van der Waals surface area contributed by atoms with Crippen LogP contribution in [0.2, 0.25) is 0 Å². The van der Waals surface area contributed by atoms with Gasteiger partial charge in [-0.1, -0.05) is 0 Å². The van der Waals surface area contributed by atoms with Gasteiger partial charge in [0.15, 0.2) is 0 Å². The van der Waals surface area contributed by atoms with Crippen molar-refractivity contribution >= 4 is 40.1 Å². The number of phenols is 1. The SMILES string of the molecule is CCN(CCCl)C(=O)c1cc(I)ccc1O. The molecule has 88 valence electrons. The van der Waals surface area contributed by atoms with E-state index in [2.05, 4.69) is 22.6 Å². The summed E-state index contributed by atoms with van der Waals surface area (Å²) in [6.07, 6.45) is 0. The van der Waals surface area contributed by atoms with E-state index in [0.717, 1.165) is 3.57 Å². The number of amides is 1. The lowest BCUT2D eigenvalue weighted by atomic mass is 10.1. The van der Waals surface area contributed by atoms with Gasteiger partial charge in [0.1, 0.15) is 5.75 Å². The lowest BCUT2D eigenvalue weighted by Crippen LogP contribution is -2.32. The van der Waals surface area contributed by atoms with E-state index < -0.39 is 0 Å². The van der Waals surface area contributed by atoms with Crippen LogP contribution >= 0.6 is 34.2 Å². The summed E-state index contributed by atoms with van der Waals surface area (Å²) >= 11 is 7.72. The van der Waals surface area contributed by atoms with Crippen LogP contribution < -0.4 is 0 Å². The molecule has 0 aliphatic rings. The Morgan fingerprint density at radius 2 is 2.25 bits per heavy atom. The zero-order valence-electron chi connectivity index (χ0n) is 8.91. The molecular formula is C11H13ClINO2. The van der Waals surface area contributed by atoms with Crippen molar-refractivity contribution in [3.8, 4) is 5.75 Å². The fourth-order valence-corrected chi connectivity index (χ4v) is 2.05. The molecule has 1 N–H and O–H groups in total. The van der Waals surface area contributed by atoms with Crippen LogP contribution in [0.5, 0.6) is 5.75 Å². The summed E-state index contributed by atoms with van der Waals surface area (Å²) in [5, 5.41) is 9.63. The molecule has 0 spiro atoms. The second-order valence-corrected chi connectivity index (χ2v) is 4.86. The summed E-state index contributed by atoms with van der Waals surface area (Å²) in [5.41, 5.74) is 0.332. The first-order chi connectivity index (χ1) is 7.60. The summed E-state index contributed by atoms with van der Waals surface area (Å²) in [7, 11) is 0. The van der Waals surface area contributed by atoms with Crippen LogP contribution in [0, 0.1) is 3.57 Å². The molecule has 0 aromatic heterocycles.